The van der Waals surface area contributed by atoms with Crippen molar-refractivity contribution in [1.29, 1.82) is 0 Å². The van der Waals surface area contributed by atoms with Gasteiger partial charge >= 0.3 is 12.1 Å². The van der Waals surface area contributed by atoms with Crippen molar-refractivity contribution in [3.8, 4) is 0 Å². The largest absolute Gasteiger partial charge is 0.481 e. The summed E-state index contributed by atoms with van der Waals surface area (Å²) < 4.78 is 5.46. The van der Waals surface area contributed by atoms with Crippen LogP contribution < -0.4 is 0 Å². The number of hydrogen-bond donors (Lipinski definition) is 1. The van der Waals surface area contributed by atoms with E-state index >= 15 is 0 Å². The van der Waals surface area contributed by atoms with Crippen molar-refractivity contribution < 1.29 is 19.4 Å². The zero-order chi connectivity index (χ0) is 15.0. The summed E-state index contributed by atoms with van der Waals surface area (Å²) in [6.45, 7) is 5.80. The van der Waals surface area contributed by atoms with Gasteiger partial charge in [-0.05, 0) is 46.5 Å². The molecule has 114 valence electrons. The lowest BCUT2D eigenvalue weighted by Crippen LogP contribution is -2.46. The molecule has 5 nitrogen and oxygen atoms in total. The predicted octanol–water partition coefficient (Wildman–Crippen LogP) is 3.03. The number of ether oxygens (including phenoxy) is 1. The van der Waals surface area contributed by atoms with E-state index in [4.69, 9.17) is 4.74 Å². The molecule has 0 aromatic heterocycles. The zero-order valence-corrected chi connectivity index (χ0v) is 12.6. The second-order valence-corrected chi connectivity index (χ2v) is 7.13. The van der Waals surface area contributed by atoms with Gasteiger partial charge < -0.3 is 14.7 Å². The van der Waals surface area contributed by atoms with Crippen molar-refractivity contribution in [1.82, 2.24) is 4.90 Å². The van der Waals surface area contributed by atoms with Crippen molar-refractivity contribution in [2.24, 2.45) is 5.41 Å². The summed E-state index contributed by atoms with van der Waals surface area (Å²) in [5.74, 6) is -0.788. The lowest BCUT2D eigenvalue weighted by molar-refractivity contribution is -0.144. The van der Waals surface area contributed by atoms with E-state index < -0.39 is 17.0 Å². The van der Waals surface area contributed by atoms with E-state index in [1.165, 1.54) is 0 Å². The highest BCUT2D eigenvalue weighted by Gasteiger charge is 2.53. The minimum atomic E-state index is -0.788. The Hall–Kier alpha value is -1.26. The molecule has 0 unspecified atom stereocenters. The van der Waals surface area contributed by atoms with Gasteiger partial charge in [0.15, 0.2) is 0 Å². The van der Waals surface area contributed by atoms with E-state index in [-0.39, 0.29) is 12.1 Å². The van der Waals surface area contributed by atoms with E-state index in [2.05, 4.69) is 0 Å². The SMILES string of the molecule is CC(C)(C)OC(=O)N(CC1(C(=O)O)CC1)C1CCCC1. The van der Waals surface area contributed by atoms with Crippen molar-refractivity contribution >= 4 is 12.1 Å². The van der Waals surface area contributed by atoms with Gasteiger partial charge in [0.05, 0.1) is 5.41 Å². The fourth-order valence-electron chi connectivity index (χ4n) is 2.80. The molecular formula is C15H25NO4. The summed E-state index contributed by atoms with van der Waals surface area (Å²) >= 11 is 0. The van der Waals surface area contributed by atoms with Crippen molar-refractivity contribution in [3.63, 3.8) is 0 Å². The molecule has 0 heterocycles. The molecule has 0 atom stereocenters. The number of carbonyl (C=O) groups excluding carboxylic acids is 1. The summed E-state index contributed by atoms with van der Waals surface area (Å²) in [7, 11) is 0. The molecule has 5 heteroatoms. The first-order valence-electron chi connectivity index (χ1n) is 7.47. The fraction of sp³-hybridized carbons (Fsp3) is 0.867. The minimum absolute atomic E-state index is 0.140. The molecule has 0 spiro atoms. The Balaban J connectivity index is 2.08. The molecule has 0 saturated heterocycles. The van der Waals surface area contributed by atoms with E-state index in [9.17, 15) is 14.7 Å². The van der Waals surface area contributed by atoms with Gasteiger partial charge in [0, 0.05) is 12.6 Å². The lowest BCUT2D eigenvalue weighted by Gasteiger charge is -2.33. The smallest absolute Gasteiger partial charge is 0.410 e. The van der Waals surface area contributed by atoms with E-state index in [1.807, 2.05) is 20.8 Å². The Kier molecular flexibility index (Phi) is 3.98. The topological polar surface area (TPSA) is 66.8 Å². The highest BCUT2D eigenvalue weighted by atomic mass is 16.6. The molecule has 1 amide bonds. The van der Waals surface area contributed by atoms with Gasteiger partial charge in [-0.15, -0.1) is 0 Å². The molecule has 0 aromatic rings. The summed E-state index contributed by atoms with van der Waals surface area (Å²) in [6.07, 6.45) is 5.07. The van der Waals surface area contributed by atoms with Crippen molar-refractivity contribution in [3.05, 3.63) is 0 Å². The summed E-state index contributed by atoms with van der Waals surface area (Å²) in [6, 6.07) is 0.140. The Morgan fingerprint density at radius 3 is 2.20 bits per heavy atom. The summed E-state index contributed by atoms with van der Waals surface area (Å²) in [4.78, 5) is 25.4. The standard InChI is InChI=1S/C15H25NO4/c1-14(2,3)20-13(19)16(11-6-4-5-7-11)10-15(8-9-15)12(17)18/h11H,4-10H2,1-3H3,(H,17,18). The van der Waals surface area contributed by atoms with E-state index in [0.29, 0.717) is 19.4 Å². The van der Waals surface area contributed by atoms with Gasteiger partial charge in [0.1, 0.15) is 5.60 Å². The maximum Gasteiger partial charge on any atom is 0.410 e. The van der Waals surface area contributed by atoms with Crippen LogP contribution in [0.3, 0.4) is 0 Å². The lowest BCUT2D eigenvalue weighted by atomic mass is 10.1. The van der Waals surface area contributed by atoms with Gasteiger partial charge in [-0.25, -0.2) is 4.79 Å². The van der Waals surface area contributed by atoms with Crippen LogP contribution in [0.5, 0.6) is 0 Å². The molecule has 0 bridgehead atoms. The van der Waals surface area contributed by atoms with Crippen LogP contribution in [0.4, 0.5) is 4.79 Å². The summed E-state index contributed by atoms with van der Waals surface area (Å²) in [5.41, 5.74) is -1.27. The maximum absolute atomic E-state index is 12.4. The molecule has 2 aliphatic rings. The Morgan fingerprint density at radius 1 is 1.25 bits per heavy atom. The van der Waals surface area contributed by atoms with Crippen LogP contribution in [0, 0.1) is 5.41 Å². The number of hydrogen-bond acceptors (Lipinski definition) is 3. The summed E-state index contributed by atoms with van der Waals surface area (Å²) in [5, 5.41) is 9.33. The number of aliphatic carboxylic acids is 1. The molecule has 0 aliphatic heterocycles. The number of amides is 1. The van der Waals surface area contributed by atoms with E-state index in [1.54, 1.807) is 4.90 Å². The molecule has 20 heavy (non-hydrogen) atoms. The fourth-order valence-corrected chi connectivity index (χ4v) is 2.80. The number of carboxylic acid groups (broad SMARTS) is 1. The third kappa shape index (κ3) is 3.44. The molecule has 0 aromatic carbocycles. The maximum atomic E-state index is 12.4. The first-order valence-corrected chi connectivity index (χ1v) is 7.47. The van der Waals surface area contributed by atoms with Gasteiger partial charge in [-0.3, -0.25) is 4.79 Å². The average Bonchev–Trinajstić information content (AvgIpc) is 2.90. The highest BCUT2D eigenvalue weighted by molar-refractivity contribution is 5.79. The number of rotatable bonds is 4. The average molecular weight is 283 g/mol. The first kappa shape index (κ1) is 15.1. The predicted molar refractivity (Wildman–Crippen MR) is 74.5 cm³/mol. The van der Waals surface area contributed by atoms with Crippen LogP contribution >= 0.6 is 0 Å². The highest BCUT2D eigenvalue weighted by Crippen LogP contribution is 2.47. The van der Waals surface area contributed by atoms with Gasteiger partial charge in [-0.1, -0.05) is 12.8 Å². The van der Waals surface area contributed by atoms with Crippen molar-refractivity contribution in [2.45, 2.75) is 70.9 Å². The molecule has 2 saturated carbocycles. The van der Waals surface area contributed by atoms with Gasteiger partial charge in [0.25, 0.3) is 0 Å². The normalized spacial score (nSPS) is 21.6. The quantitative estimate of drug-likeness (QED) is 0.861. The third-order valence-electron chi connectivity index (χ3n) is 4.17. The minimum Gasteiger partial charge on any atom is -0.481 e. The Morgan fingerprint density at radius 2 is 1.80 bits per heavy atom. The van der Waals surface area contributed by atoms with E-state index in [0.717, 1.165) is 25.7 Å². The number of nitrogens with zero attached hydrogens (tertiary/aromatic N) is 1. The van der Waals surface area contributed by atoms with Crippen LogP contribution in [0.2, 0.25) is 0 Å². The van der Waals surface area contributed by atoms with Crippen LogP contribution in [-0.2, 0) is 9.53 Å². The molecule has 0 radical (unpaired) electrons. The number of carbonyl (C=O) groups is 2. The van der Waals surface area contributed by atoms with Gasteiger partial charge in [0.2, 0.25) is 0 Å². The van der Waals surface area contributed by atoms with Gasteiger partial charge in [-0.2, -0.15) is 0 Å². The Labute approximate surface area is 120 Å². The van der Waals surface area contributed by atoms with Crippen LogP contribution in [0.15, 0.2) is 0 Å². The van der Waals surface area contributed by atoms with Crippen LogP contribution in [0.1, 0.15) is 59.3 Å². The van der Waals surface area contributed by atoms with Crippen LogP contribution in [0.25, 0.3) is 0 Å². The zero-order valence-electron chi connectivity index (χ0n) is 12.6. The third-order valence-corrected chi connectivity index (χ3v) is 4.17. The molecule has 2 rings (SSSR count). The van der Waals surface area contributed by atoms with Crippen molar-refractivity contribution in [2.75, 3.05) is 6.54 Å². The monoisotopic (exact) mass is 283 g/mol. The van der Waals surface area contributed by atoms with Crippen LogP contribution in [-0.4, -0.2) is 40.3 Å². The molecular weight excluding hydrogens is 258 g/mol. The molecule has 2 aliphatic carbocycles. The molecule has 2 fully saturated rings. The second kappa shape index (κ2) is 5.26. The Bertz CT molecular complexity index is 389. The number of carboxylic acids is 1. The molecule has 1 N–H and O–H groups in total. The first-order chi connectivity index (χ1) is 9.23. The second-order valence-electron chi connectivity index (χ2n) is 7.13.